The third-order valence-electron chi connectivity index (χ3n) is 10.2. The fraction of sp³-hybridized carbons (Fsp3) is 0. The third kappa shape index (κ3) is 5.67. The van der Waals surface area contributed by atoms with Gasteiger partial charge in [-0.05, 0) is 52.1 Å². The van der Waals surface area contributed by atoms with Gasteiger partial charge in [-0.1, -0.05) is 158 Å². The van der Waals surface area contributed by atoms with Gasteiger partial charge in [-0.15, -0.1) is 0 Å². The Bertz CT molecular complexity index is 2950. The normalized spacial score (nSPS) is 11.3. The molecule has 0 saturated heterocycles. The summed E-state index contributed by atoms with van der Waals surface area (Å²) in [5.41, 5.74) is 14.6. The van der Waals surface area contributed by atoms with E-state index < -0.39 is 0 Å². The summed E-state index contributed by atoms with van der Waals surface area (Å²) in [4.78, 5) is 20.2. The molecular formula is C50H32N4. The van der Waals surface area contributed by atoms with Crippen molar-refractivity contribution in [3.8, 4) is 67.2 Å². The van der Waals surface area contributed by atoms with Crippen molar-refractivity contribution >= 4 is 32.7 Å². The van der Waals surface area contributed by atoms with Crippen molar-refractivity contribution in [1.29, 1.82) is 0 Å². The Morgan fingerprint density at radius 1 is 0.296 bits per heavy atom. The lowest BCUT2D eigenvalue weighted by molar-refractivity contribution is 1.23. The van der Waals surface area contributed by atoms with Crippen LogP contribution in [0.3, 0.4) is 0 Å². The molecule has 10 rings (SSSR count). The summed E-state index contributed by atoms with van der Waals surface area (Å²) in [6, 6.07) is 63.7. The monoisotopic (exact) mass is 688 g/mol. The van der Waals surface area contributed by atoms with Crippen LogP contribution < -0.4 is 0 Å². The van der Waals surface area contributed by atoms with E-state index in [4.69, 9.17) is 19.9 Å². The second-order valence-electron chi connectivity index (χ2n) is 13.5. The Balaban J connectivity index is 1.17. The number of nitrogens with zero attached hydrogens (tertiary/aromatic N) is 4. The molecule has 0 fully saturated rings. The molecule has 4 nitrogen and oxygen atoms in total. The van der Waals surface area contributed by atoms with Gasteiger partial charge in [-0.25, -0.2) is 9.97 Å². The highest BCUT2D eigenvalue weighted by Crippen LogP contribution is 2.40. The summed E-state index contributed by atoms with van der Waals surface area (Å²) < 4.78 is 0. The molecule has 0 atom stereocenters. The topological polar surface area (TPSA) is 51.6 Å². The summed E-state index contributed by atoms with van der Waals surface area (Å²) in [7, 11) is 0. The zero-order chi connectivity index (χ0) is 35.8. The Morgan fingerprint density at radius 2 is 0.796 bits per heavy atom. The fourth-order valence-corrected chi connectivity index (χ4v) is 7.50. The molecule has 0 aliphatic rings. The molecule has 0 radical (unpaired) electrons. The Hall–Kier alpha value is -7.30. The predicted molar refractivity (Wildman–Crippen MR) is 223 cm³/mol. The van der Waals surface area contributed by atoms with Gasteiger partial charge in [-0.3, -0.25) is 9.97 Å². The second kappa shape index (κ2) is 13.4. The van der Waals surface area contributed by atoms with Gasteiger partial charge in [-0.2, -0.15) is 0 Å². The van der Waals surface area contributed by atoms with E-state index in [1.165, 1.54) is 0 Å². The Labute approximate surface area is 313 Å². The van der Waals surface area contributed by atoms with E-state index >= 15 is 0 Å². The molecular weight excluding hydrogens is 657 g/mol. The van der Waals surface area contributed by atoms with Crippen LogP contribution in [0.15, 0.2) is 194 Å². The molecule has 7 aromatic carbocycles. The first-order chi connectivity index (χ1) is 26.8. The van der Waals surface area contributed by atoms with Crippen molar-refractivity contribution in [2.45, 2.75) is 0 Å². The maximum Gasteiger partial charge on any atom is 0.160 e. The van der Waals surface area contributed by atoms with Crippen molar-refractivity contribution < 1.29 is 0 Å². The van der Waals surface area contributed by atoms with Gasteiger partial charge in [0, 0.05) is 56.4 Å². The third-order valence-corrected chi connectivity index (χ3v) is 10.2. The summed E-state index contributed by atoms with van der Waals surface area (Å²) >= 11 is 0. The van der Waals surface area contributed by atoms with Crippen LogP contribution in [0.5, 0.6) is 0 Å². The van der Waals surface area contributed by atoms with Crippen LogP contribution in [0, 0.1) is 0 Å². The van der Waals surface area contributed by atoms with Crippen molar-refractivity contribution in [3.05, 3.63) is 194 Å². The molecule has 0 N–H and O–H groups in total. The molecule has 0 bridgehead atoms. The SMILES string of the molecule is c1ccc(-c2cc(-c3ccccc3)c3nc(-c4ccc(-c5cccc6cccnc56)cc4)nc(-c4ccc(-c5cccc6cccnc56)cc4)c3c2)cc1. The lowest BCUT2D eigenvalue weighted by atomic mass is 9.93. The predicted octanol–water partition coefficient (Wildman–Crippen LogP) is 12.7. The highest BCUT2D eigenvalue weighted by atomic mass is 14.9. The van der Waals surface area contributed by atoms with E-state index in [0.29, 0.717) is 5.82 Å². The highest BCUT2D eigenvalue weighted by molar-refractivity contribution is 6.05. The molecule has 10 aromatic rings. The maximum absolute atomic E-state index is 5.38. The highest BCUT2D eigenvalue weighted by Gasteiger charge is 2.18. The number of para-hydroxylation sites is 2. The van der Waals surface area contributed by atoms with Gasteiger partial charge in [0.25, 0.3) is 0 Å². The van der Waals surface area contributed by atoms with Crippen LogP contribution in [-0.4, -0.2) is 19.9 Å². The van der Waals surface area contributed by atoms with Crippen molar-refractivity contribution in [2.75, 3.05) is 0 Å². The molecule has 4 heteroatoms. The summed E-state index contributed by atoms with van der Waals surface area (Å²) in [5.74, 6) is 0.673. The van der Waals surface area contributed by atoms with Crippen LogP contribution in [0.4, 0.5) is 0 Å². The molecule has 0 aliphatic carbocycles. The molecule has 0 unspecified atom stereocenters. The van der Waals surface area contributed by atoms with Gasteiger partial charge < -0.3 is 0 Å². The molecule has 252 valence electrons. The number of aromatic nitrogens is 4. The minimum Gasteiger partial charge on any atom is -0.256 e. The molecule has 0 amide bonds. The van der Waals surface area contributed by atoms with Gasteiger partial charge in [0.15, 0.2) is 5.82 Å². The second-order valence-corrected chi connectivity index (χ2v) is 13.5. The summed E-state index contributed by atoms with van der Waals surface area (Å²) in [5, 5.41) is 3.24. The van der Waals surface area contributed by atoms with Crippen molar-refractivity contribution in [3.63, 3.8) is 0 Å². The average Bonchev–Trinajstić information content (AvgIpc) is 3.26. The molecule has 3 heterocycles. The number of fused-ring (bicyclic) bond motifs is 3. The quantitative estimate of drug-likeness (QED) is 0.174. The average molecular weight is 689 g/mol. The van der Waals surface area contributed by atoms with E-state index in [2.05, 4.69) is 170 Å². The smallest absolute Gasteiger partial charge is 0.160 e. The summed E-state index contributed by atoms with van der Waals surface area (Å²) in [6.07, 6.45) is 3.71. The zero-order valence-electron chi connectivity index (χ0n) is 29.3. The number of rotatable bonds is 6. The van der Waals surface area contributed by atoms with Crippen LogP contribution in [0.2, 0.25) is 0 Å². The van der Waals surface area contributed by atoms with E-state index in [1.54, 1.807) is 0 Å². The van der Waals surface area contributed by atoms with Crippen LogP contribution in [0.25, 0.3) is 99.9 Å². The molecule has 3 aromatic heterocycles. The van der Waals surface area contributed by atoms with Gasteiger partial charge in [0.2, 0.25) is 0 Å². The van der Waals surface area contributed by atoms with Crippen LogP contribution in [0.1, 0.15) is 0 Å². The molecule has 0 spiro atoms. The van der Waals surface area contributed by atoms with Crippen molar-refractivity contribution in [1.82, 2.24) is 19.9 Å². The van der Waals surface area contributed by atoms with E-state index in [9.17, 15) is 0 Å². The van der Waals surface area contributed by atoms with E-state index in [-0.39, 0.29) is 0 Å². The van der Waals surface area contributed by atoms with Gasteiger partial charge in [0.1, 0.15) is 0 Å². The van der Waals surface area contributed by atoms with Crippen LogP contribution >= 0.6 is 0 Å². The number of hydrogen-bond donors (Lipinski definition) is 0. The standard InChI is InChI=1S/C50H32N4/c1-3-11-33(12-4-1)41-31-44(34-13-5-2-6-14-34)49-45(32-41)48(39-25-21-35(22-26-39)42-19-7-15-37-17-9-29-51-46(37)42)53-50(54-49)40-27-23-36(24-28-40)43-20-8-16-38-18-10-30-52-47(38)43/h1-32H. The van der Waals surface area contributed by atoms with Gasteiger partial charge >= 0.3 is 0 Å². The number of hydrogen-bond acceptors (Lipinski definition) is 4. The fourth-order valence-electron chi connectivity index (χ4n) is 7.50. The minimum atomic E-state index is 0.673. The largest absolute Gasteiger partial charge is 0.256 e. The summed E-state index contributed by atoms with van der Waals surface area (Å²) in [6.45, 7) is 0. The van der Waals surface area contributed by atoms with Crippen molar-refractivity contribution in [2.24, 2.45) is 0 Å². The number of benzene rings is 7. The Morgan fingerprint density at radius 3 is 1.39 bits per heavy atom. The first kappa shape index (κ1) is 31.4. The maximum atomic E-state index is 5.38. The Kier molecular flexibility index (Phi) is 7.77. The minimum absolute atomic E-state index is 0.673. The molecule has 0 saturated carbocycles. The van der Waals surface area contributed by atoms with Gasteiger partial charge in [0.05, 0.1) is 22.2 Å². The van der Waals surface area contributed by atoms with E-state index in [0.717, 1.165) is 94.0 Å². The zero-order valence-corrected chi connectivity index (χ0v) is 29.3. The molecule has 54 heavy (non-hydrogen) atoms. The van der Waals surface area contributed by atoms with E-state index in [1.807, 2.05) is 24.5 Å². The van der Waals surface area contributed by atoms with Crippen LogP contribution in [-0.2, 0) is 0 Å². The number of pyridine rings is 2. The first-order valence-electron chi connectivity index (χ1n) is 18.1. The lowest BCUT2D eigenvalue weighted by Crippen LogP contribution is -1.98. The first-order valence-corrected chi connectivity index (χ1v) is 18.1. The lowest BCUT2D eigenvalue weighted by Gasteiger charge is -2.16. The molecule has 0 aliphatic heterocycles.